The van der Waals surface area contributed by atoms with Gasteiger partial charge >= 0.3 is 0 Å². The van der Waals surface area contributed by atoms with Gasteiger partial charge < -0.3 is 5.11 Å². The Kier molecular flexibility index (Phi) is 1.88. The molecular weight excluding hydrogens is 220 g/mol. The Morgan fingerprint density at radius 1 is 0.667 bits per heavy atom. The summed E-state index contributed by atoms with van der Waals surface area (Å²) in [6.45, 7) is -0.159. The predicted molar refractivity (Wildman–Crippen MR) is 73.9 cm³/mol. The molecule has 1 heteroatoms. The molecule has 0 atom stereocenters. The van der Waals surface area contributed by atoms with Crippen LogP contribution in [0.4, 0.5) is 0 Å². The van der Waals surface area contributed by atoms with Gasteiger partial charge in [-0.15, -0.1) is 6.61 Å². The summed E-state index contributed by atoms with van der Waals surface area (Å²) in [5.74, 6) is 0. The van der Waals surface area contributed by atoms with Crippen molar-refractivity contribution in [2.45, 2.75) is 6.61 Å². The maximum Gasteiger partial charge on any atom is -0.00245 e. The molecule has 0 aliphatic carbocycles. The average molecular weight is 231 g/mol. The van der Waals surface area contributed by atoms with Gasteiger partial charge in [0, 0.05) is 0 Å². The average Bonchev–Trinajstić information content (AvgIpc) is 2.44. The maximum atomic E-state index is 11.3. The van der Waals surface area contributed by atoms with E-state index in [1.54, 1.807) is 0 Å². The number of hydrogen-bond acceptors (Lipinski definition) is 1. The van der Waals surface area contributed by atoms with Crippen LogP contribution in [0.25, 0.3) is 32.3 Å². The van der Waals surface area contributed by atoms with E-state index in [4.69, 9.17) is 0 Å². The monoisotopic (exact) mass is 231 g/mol. The van der Waals surface area contributed by atoms with E-state index >= 15 is 0 Å². The van der Waals surface area contributed by atoms with Crippen molar-refractivity contribution in [1.82, 2.24) is 0 Å². The first-order chi connectivity index (χ1) is 8.88. The van der Waals surface area contributed by atoms with Gasteiger partial charge in [0.05, 0.1) is 0 Å². The fraction of sp³-hybridized carbons (Fsp3) is 0.0588. The zero-order valence-electron chi connectivity index (χ0n) is 9.81. The molecule has 18 heavy (non-hydrogen) atoms. The Bertz CT molecular complexity index is 845. The molecule has 0 aliphatic heterocycles. The molecule has 4 rings (SSSR count). The SMILES string of the molecule is [O-]Cc1ccc2ccc3cccc4ccc1c2c34. The number of rotatable bonds is 1. The molecule has 0 radical (unpaired) electrons. The minimum absolute atomic E-state index is 0.159. The van der Waals surface area contributed by atoms with E-state index in [2.05, 4.69) is 48.5 Å². The molecule has 0 fully saturated rings. The first-order valence-electron chi connectivity index (χ1n) is 6.12. The van der Waals surface area contributed by atoms with Crippen molar-refractivity contribution >= 4 is 32.3 Å². The second kappa shape index (κ2) is 3.44. The van der Waals surface area contributed by atoms with E-state index < -0.39 is 0 Å². The molecule has 0 spiro atoms. The van der Waals surface area contributed by atoms with Crippen molar-refractivity contribution in [2.75, 3.05) is 0 Å². The molecule has 0 bridgehead atoms. The van der Waals surface area contributed by atoms with Gasteiger partial charge in [0.15, 0.2) is 0 Å². The summed E-state index contributed by atoms with van der Waals surface area (Å²) >= 11 is 0. The summed E-state index contributed by atoms with van der Waals surface area (Å²) in [4.78, 5) is 0. The summed E-state index contributed by atoms with van der Waals surface area (Å²) in [6.07, 6.45) is 0. The van der Waals surface area contributed by atoms with Gasteiger partial charge in [0.25, 0.3) is 0 Å². The highest BCUT2D eigenvalue weighted by molar-refractivity contribution is 6.23. The summed E-state index contributed by atoms with van der Waals surface area (Å²) < 4.78 is 0. The van der Waals surface area contributed by atoms with Gasteiger partial charge in [0.1, 0.15) is 0 Å². The molecule has 0 saturated heterocycles. The smallest absolute Gasteiger partial charge is 0.00245 e. The van der Waals surface area contributed by atoms with Crippen molar-refractivity contribution in [3.63, 3.8) is 0 Å². The van der Waals surface area contributed by atoms with E-state index in [-0.39, 0.29) is 6.61 Å². The van der Waals surface area contributed by atoms with Crippen molar-refractivity contribution in [1.29, 1.82) is 0 Å². The fourth-order valence-electron chi connectivity index (χ4n) is 2.92. The van der Waals surface area contributed by atoms with Gasteiger partial charge in [-0.05, 0) is 32.3 Å². The van der Waals surface area contributed by atoms with Crippen LogP contribution in [0.15, 0.2) is 54.6 Å². The molecule has 1 nitrogen and oxygen atoms in total. The third-order valence-electron chi connectivity index (χ3n) is 3.77. The minimum Gasteiger partial charge on any atom is -0.851 e. The molecule has 0 heterocycles. The van der Waals surface area contributed by atoms with E-state index in [9.17, 15) is 5.11 Å². The Hall–Kier alpha value is -2.12. The largest absolute Gasteiger partial charge is 0.851 e. The van der Waals surface area contributed by atoms with Gasteiger partial charge in [-0.1, -0.05) is 60.2 Å². The van der Waals surface area contributed by atoms with Crippen LogP contribution in [0, 0.1) is 0 Å². The Labute approximate surface area is 105 Å². The van der Waals surface area contributed by atoms with Gasteiger partial charge in [0.2, 0.25) is 0 Å². The molecule has 0 amide bonds. The molecule has 86 valence electrons. The van der Waals surface area contributed by atoms with E-state index in [1.807, 2.05) is 6.07 Å². The first-order valence-corrected chi connectivity index (χ1v) is 6.12. The molecular formula is C17H11O-. The lowest BCUT2D eigenvalue weighted by Crippen LogP contribution is -2.03. The van der Waals surface area contributed by atoms with Crippen LogP contribution < -0.4 is 5.11 Å². The van der Waals surface area contributed by atoms with Crippen molar-refractivity contribution in [3.8, 4) is 0 Å². The fourth-order valence-corrected chi connectivity index (χ4v) is 2.92. The highest BCUT2D eigenvalue weighted by Gasteiger charge is 2.08. The second-order valence-corrected chi connectivity index (χ2v) is 4.73. The molecule has 0 N–H and O–H groups in total. The van der Waals surface area contributed by atoms with E-state index in [1.165, 1.54) is 26.9 Å². The van der Waals surface area contributed by atoms with E-state index in [0.29, 0.717) is 0 Å². The van der Waals surface area contributed by atoms with Crippen molar-refractivity contribution < 1.29 is 5.11 Å². The third-order valence-corrected chi connectivity index (χ3v) is 3.77. The summed E-state index contributed by atoms with van der Waals surface area (Å²) in [5.41, 5.74) is 0.890. The zero-order chi connectivity index (χ0) is 12.1. The zero-order valence-corrected chi connectivity index (χ0v) is 9.81. The van der Waals surface area contributed by atoms with E-state index in [0.717, 1.165) is 10.9 Å². The second-order valence-electron chi connectivity index (χ2n) is 4.73. The molecule has 4 aromatic rings. The lowest BCUT2D eigenvalue weighted by molar-refractivity contribution is -0.386. The normalized spacial score (nSPS) is 11.8. The lowest BCUT2D eigenvalue weighted by atomic mass is 9.92. The molecule has 0 unspecified atom stereocenters. The van der Waals surface area contributed by atoms with Gasteiger partial charge in [-0.2, -0.15) is 0 Å². The van der Waals surface area contributed by atoms with Crippen molar-refractivity contribution in [3.05, 3.63) is 60.2 Å². The van der Waals surface area contributed by atoms with Crippen LogP contribution in [0.3, 0.4) is 0 Å². The summed E-state index contributed by atoms with van der Waals surface area (Å²) in [5, 5.41) is 18.6. The van der Waals surface area contributed by atoms with Crippen LogP contribution in [0.5, 0.6) is 0 Å². The molecule has 0 aromatic heterocycles. The molecule has 0 aliphatic rings. The minimum atomic E-state index is -0.159. The quantitative estimate of drug-likeness (QED) is 0.460. The first kappa shape index (κ1) is 9.86. The van der Waals surface area contributed by atoms with Gasteiger partial charge in [-0.3, -0.25) is 0 Å². The standard InChI is InChI=1S/C17H11O/c18-10-14-7-6-13-5-4-11-2-1-3-12-8-9-15(14)17(13)16(11)12/h1-9H,10H2/q-1. The van der Waals surface area contributed by atoms with Crippen LogP contribution in [-0.2, 0) is 6.61 Å². The Morgan fingerprint density at radius 2 is 1.28 bits per heavy atom. The number of hydrogen-bond donors (Lipinski definition) is 0. The third kappa shape index (κ3) is 1.14. The highest BCUT2D eigenvalue weighted by Crippen LogP contribution is 2.35. The van der Waals surface area contributed by atoms with Crippen LogP contribution in [0.2, 0.25) is 0 Å². The van der Waals surface area contributed by atoms with Crippen LogP contribution in [-0.4, -0.2) is 0 Å². The Morgan fingerprint density at radius 3 is 2.00 bits per heavy atom. The topological polar surface area (TPSA) is 23.1 Å². The van der Waals surface area contributed by atoms with Gasteiger partial charge in [-0.25, -0.2) is 0 Å². The lowest BCUT2D eigenvalue weighted by Gasteiger charge is -2.15. The highest BCUT2D eigenvalue weighted by atomic mass is 16.3. The molecule has 0 saturated carbocycles. The Balaban J connectivity index is 2.40. The van der Waals surface area contributed by atoms with Crippen molar-refractivity contribution in [2.24, 2.45) is 0 Å². The summed E-state index contributed by atoms with van der Waals surface area (Å²) in [7, 11) is 0. The van der Waals surface area contributed by atoms with Crippen LogP contribution in [0.1, 0.15) is 5.56 Å². The summed E-state index contributed by atoms with van der Waals surface area (Å²) in [6, 6.07) is 18.8. The number of benzene rings is 4. The van der Waals surface area contributed by atoms with Crippen LogP contribution >= 0.6 is 0 Å². The molecule has 4 aromatic carbocycles. The predicted octanol–water partition coefficient (Wildman–Crippen LogP) is 3.44. The maximum absolute atomic E-state index is 11.3.